The van der Waals surface area contributed by atoms with Crippen LogP contribution in [0, 0.1) is 0 Å². The molecule has 5 nitrogen and oxygen atoms in total. The van der Waals surface area contributed by atoms with Crippen molar-refractivity contribution in [2.75, 3.05) is 17.6 Å². The summed E-state index contributed by atoms with van der Waals surface area (Å²) >= 11 is 3.55. The van der Waals surface area contributed by atoms with Gasteiger partial charge in [-0.3, -0.25) is 4.79 Å². The van der Waals surface area contributed by atoms with E-state index >= 15 is 0 Å². The summed E-state index contributed by atoms with van der Waals surface area (Å²) in [6.07, 6.45) is 2.13. The van der Waals surface area contributed by atoms with E-state index < -0.39 is 0 Å². The van der Waals surface area contributed by atoms with Crippen LogP contribution in [-0.4, -0.2) is 30.3 Å². The number of thiophene rings is 1. The summed E-state index contributed by atoms with van der Waals surface area (Å²) in [6.45, 7) is 0.615. The molecule has 1 fully saturated rings. The number of nitrogens with one attached hydrogen (secondary N) is 3. The van der Waals surface area contributed by atoms with Crippen LogP contribution >= 0.6 is 23.1 Å². The van der Waals surface area contributed by atoms with Crippen LogP contribution in [0.4, 0.5) is 10.5 Å². The Morgan fingerprint density at radius 2 is 1.96 bits per heavy atom. The van der Waals surface area contributed by atoms with Crippen molar-refractivity contribution in [1.82, 2.24) is 10.6 Å². The lowest BCUT2D eigenvalue weighted by atomic mass is 10.2. The number of hydrogen-bond donors (Lipinski definition) is 3. The molecule has 0 saturated heterocycles. The Bertz CT molecular complexity index is 698. The molecule has 1 saturated carbocycles. The van der Waals surface area contributed by atoms with E-state index in [0.29, 0.717) is 23.8 Å². The molecule has 25 heavy (non-hydrogen) atoms. The fraction of sp³-hybridized carbons (Fsp3) is 0.333. The van der Waals surface area contributed by atoms with E-state index in [1.165, 1.54) is 4.88 Å². The average molecular weight is 376 g/mol. The summed E-state index contributed by atoms with van der Waals surface area (Å²) in [5, 5.41) is 10.6. The molecule has 0 atom stereocenters. The second-order valence-electron chi connectivity index (χ2n) is 5.84. The number of benzene rings is 1. The second-order valence-corrected chi connectivity index (χ2v) is 7.98. The smallest absolute Gasteiger partial charge is 0.319 e. The van der Waals surface area contributed by atoms with E-state index in [1.54, 1.807) is 47.4 Å². The van der Waals surface area contributed by atoms with Crippen molar-refractivity contribution in [2.45, 2.75) is 24.6 Å². The Hall–Kier alpha value is -1.99. The van der Waals surface area contributed by atoms with E-state index in [2.05, 4.69) is 27.4 Å². The topological polar surface area (TPSA) is 70.2 Å². The molecule has 7 heteroatoms. The van der Waals surface area contributed by atoms with E-state index in [1.807, 2.05) is 6.07 Å². The van der Waals surface area contributed by atoms with E-state index in [4.69, 9.17) is 0 Å². The Kier molecular flexibility index (Phi) is 6.36. The summed E-state index contributed by atoms with van der Waals surface area (Å²) < 4.78 is 0. The van der Waals surface area contributed by atoms with Gasteiger partial charge in [0.2, 0.25) is 0 Å². The standard InChI is InChI=1S/C18H21N3O2S2/c22-17(20-14-7-8-14)13-3-5-15(6-4-13)21-18(23)19-9-11-24-12-16-2-1-10-25-16/h1-6,10,14H,7-9,11-12H2,(H,20,22)(H2,19,21,23). The first-order valence-electron chi connectivity index (χ1n) is 8.26. The predicted molar refractivity (Wildman–Crippen MR) is 104 cm³/mol. The van der Waals surface area contributed by atoms with Gasteiger partial charge in [-0.2, -0.15) is 11.8 Å². The largest absolute Gasteiger partial charge is 0.349 e. The highest BCUT2D eigenvalue weighted by atomic mass is 32.2. The highest BCUT2D eigenvalue weighted by molar-refractivity contribution is 7.98. The Balaban J connectivity index is 1.33. The minimum atomic E-state index is -0.230. The number of carbonyl (C=O) groups excluding carboxylic acids is 2. The van der Waals surface area contributed by atoms with Crippen LogP contribution in [0.25, 0.3) is 0 Å². The third kappa shape index (κ3) is 6.10. The maximum absolute atomic E-state index is 11.9. The van der Waals surface area contributed by atoms with Crippen LogP contribution in [0.2, 0.25) is 0 Å². The van der Waals surface area contributed by atoms with Crippen molar-refractivity contribution >= 4 is 40.7 Å². The molecule has 3 amide bonds. The minimum absolute atomic E-state index is 0.0544. The Morgan fingerprint density at radius 3 is 2.64 bits per heavy atom. The number of anilines is 1. The van der Waals surface area contributed by atoms with Crippen LogP contribution in [0.3, 0.4) is 0 Å². The van der Waals surface area contributed by atoms with Crippen molar-refractivity contribution in [2.24, 2.45) is 0 Å². The number of thioether (sulfide) groups is 1. The number of rotatable bonds is 8. The monoisotopic (exact) mass is 375 g/mol. The molecule has 0 aliphatic heterocycles. The van der Waals surface area contributed by atoms with E-state index in [9.17, 15) is 9.59 Å². The first-order chi connectivity index (χ1) is 12.2. The van der Waals surface area contributed by atoms with Crippen LogP contribution in [0.15, 0.2) is 41.8 Å². The Morgan fingerprint density at radius 1 is 1.16 bits per heavy atom. The molecular formula is C18H21N3O2S2. The zero-order valence-electron chi connectivity index (χ0n) is 13.8. The summed E-state index contributed by atoms with van der Waals surface area (Å²) in [4.78, 5) is 25.1. The number of urea groups is 1. The van der Waals surface area contributed by atoms with Gasteiger partial charge in [0.05, 0.1) is 0 Å². The summed E-state index contributed by atoms with van der Waals surface area (Å²) in [5.41, 5.74) is 1.29. The SMILES string of the molecule is O=C(NCCSCc1cccs1)Nc1ccc(C(=O)NC2CC2)cc1. The van der Waals surface area contributed by atoms with E-state index in [-0.39, 0.29) is 11.9 Å². The van der Waals surface area contributed by atoms with Gasteiger partial charge < -0.3 is 16.0 Å². The lowest BCUT2D eigenvalue weighted by Crippen LogP contribution is -2.30. The number of carbonyl (C=O) groups is 2. The molecule has 1 aromatic carbocycles. The van der Waals surface area contributed by atoms with Crippen molar-refractivity contribution in [3.63, 3.8) is 0 Å². The highest BCUT2D eigenvalue weighted by Gasteiger charge is 2.23. The first-order valence-corrected chi connectivity index (χ1v) is 10.3. The van der Waals surface area contributed by atoms with Gasteiger partial charge in [-0.1, -0.05) is 6.07 Å². The lowest BCUT2D eigenvalue weighted by molar-refractivity contribution is 0.0951. The minimum Gasteiger partial charge on any atom is -0.349 e. The van der Waals surface area contributed by atoms with Crippen LogP contribution < -0.4 is 16.0 Å². The van der Waals surface area contributed by atoms with Gasteiger partial charge in [-0.05, 0) is 48.6 Å². The first kappa shape index (κ1) is 17.8. The highest BCUT2D eigenvalue weighted by Crippen LogP contribution is 2.20. The molecule has 3 N–H and O–H groups in total. The molecule has 0 radical (unpaired) electrons. The summed E-state index contributed by atoms with van der Waals surface area (Å²) in [7, 11) is 0. The van der Waals surface area contributed by atoms with Crippen molar-refractivity contribution < 1.29 is 9.59 Å². The maximum Gasteiger partial charge on any atom is 0.319 e. The fourth-order valence-electron chi connectivity index (χ4n) is 2.18. The van der Waals surface area contributed by atoms with Crippen molar-refractivity contribution in [3.8, 4) is 0 Å². The molecule has 1 heterocycles. The third-order valence-corrected chi connectivity index (χ3v) is 5.74. The predicted octanol–water partition coefficient (Wildman–Crippen LogP) is 3.70. The second kappa shape index (κ2) is 8.92. The summed E-state index contributed by atoms with van der Waals surface area (Å²) in [5.74, 6) is 1.79. The molecular weight excluding hydrogens is 354 g/mol. The molecule has 3 rings (SSSR count). The molecule has 1 aliphatic rings. The molecule has 2 aromatic rings. The molecule has 0 spiro atoms. The normalized spacial score (nSPS) is 13.3. The molecule has 1 aromatic heterocycles. The fourth-order valence-corrected chi connectivity index (χ4v) is 3.88. The molecule has 0 unspecified atom stereocenters. The zero-order valence-corrected chi connectivity index (χ0v) is 15.4. The van der Waals surface area contributed by atoms with E-state index in [0.717, 1.165) is 24.3 Å². The number of amides is 3. The quantitative estimate of drug-likeness (QED) is 0.616. The average Bonchev–Trinajstić information content (AvgIpc) is 3.27. The van der Waals surface area contributed by atoms with Gasteiger partial charge in [0, 0.05) is 40.2 Å². The maximum atomic E-state index is 11.9. The molecule has 1 aliphatic carbocycles. The van der Waals surface area contributed by atoms with Gasteiger partial charge in [0.1, 0.15) is 0 Å². The molecule has 132 valence electrons. The third-order valence-electron chi connectivity index (χ3n) is 3.67. The zero-order chi connectivity index (χ0) is 17.5. The van der Waals surface area contributed by atoms with Gasteiger partial charge >= 0.3 is 6.03 Å². The van der Waals surface area contributed by atoms with Gasteiger partial charge in [-0.15, -0.1) is 11.3 Å². The van der Waals surface area contributed by atoms with Crippen LogP contribution in [0.1, 0.15) is 28.1 Å². The van der Waals surface area contributed by atoms with Gasteiger partial charge in [-0.25, -0.2) is 4.79 Å². The van der Waals surface area contributed by atoms with Crippen molar-refractivity contribution in [1.29, 1.82) is 0 Å². The van der Waals surface area contributed by atoms with Crippen molar-refractivity contribution in [3.05, 3.63) is 52.2 Å². The number of hydrogen-bond acceptors (Lipinski definition) is 4. The van der Waals surface area contributed by atoms with Gasteiger partial charge in [0.25, 0.3) is 5.91 Å². The Labute approximate surface area is 155 Å². The van der Waals surface area contributed by atoms with Crippen LogP contribution in [0.5, 0.6) is 0 Å². The molecule has 0 bridgehead atoms. The summed E-state index contributed by atoms with van der Waals surface area (Å²) in [6, 6.07) is 11.2. The van der Waals surface area contributed by atoms with Crippen LogP contribution in [-0.2, 0) is 5.75 Å². The van der Waals surface area contributed by atoms with Gasteiger partial charge in [0.15, 0.2) is 0 Å². The lowest BCUT2D eigenvalue weighted by Gasteiger charge is -2.08.